The third-order valence-electron chi connectivity index (χ3n) is 1.14. The Labute approximate surface area is 67.7 Å². The molecule has 0 aromatic carbocycles. The van der Waals surface area contributed by atoms with E-state index in [1.54, 1.807) is 11.3 Å². The zero-order chi connectivity index (χ0) is 7.56. The summed E-state index contributed by atoms with van der Waals surface area (Å²) < 4.78 is 1.35. The molecule has 0 bridgehead atoms. The Morgan fingerprint density at radius 2 is 2.20 bits per heavy atom. The van der Waals surface area contributed by atoms with Crippen molar-refractivity contribution in [3.05, 3.63) is 17.0 Å². The number of nitriles is 1. The molecule has 0 aliphatic rings. The summed E-state index contributed by atoms with van der Waals surface area (Å²) >= 11 is 1.61. The maximum Gasteiger partial charge on any atom is 0.110 e. The Morgan fingerprint density at radius 3 is 2.50 bits per heavy atom. The van der Waals surface area contributed by atoms with Crippen LogP contribution in [0.2, 0.25) is 0 Å². The minimum absolute atomic E-state index is 0.0131. The fraction of sp³-hybridized carbons (Fsp3) is 0.286. The maximum absolute atomic E-state index is 8.50. The molecule has 0 aliphatic heterocycles. The van der Waals surface area contributed by atoms with Crippen LogP contribution in [-0.4, -0.2) is 12.5 Å². The van der Waals surface area contributed by atoms with Crippen molar-refractivity contribution in [1.82, 2.24) is 0 Å². The van der Waals surface area contributed by atoms with Crippen LogP contribution < -0.4 is 0 Å². The van der Waals surface area contributed by atoms with Crippen molar-refractivity contribution in [1.29, 1.82) is 5.26 Å². The van der Waals surface area contributed by atoms with E-state index in [-0.39, 0.29) is 10.9 Å². The first kappa shape index (κ1) is 7.64. The number of hydrogen-bond donors (Lipinski definition) is 1. The first-order chi connectivity index (χ1) is 4.74. The fourth-order valence-electron chi connectivity index (χ4n) is 0.628. The van der Waals surface area contributed by atoms with Gasteiger partial charge in [-0.3, -0.25) is 0 Å². The van der Waals surface area contributed by atoms with Crippen LogP contribution in [0.15, 0.2) is 16.3 Å². The van der Waals surface area contributed by atoms with Gasteiger partial charge in [0, 0.05) is 4.21 Å². The van der Waals surface area contributed by atoms with Crippen molar-refractivity contribution in [3.63, 3.8) is 0 Å². The van der Waals surface area contributed by atoms with Crippen molar-refractivity contribution in [2.45, 2.75) is 4.21 Å². The Morgan fingerprint density at radius 1 is 1.50 bits per heavy atom. The van der Waals surface area contributed by atoms with E-state index in [1.165, 1.54) is 4.21 Å². The van der Waals surface area contributed by atoms with Gasteiger partial charge in [-0.15, -0.1) is 11.3 Å². The highest BCUT2D eigenvalue weighted by Crippen LogP contribution is 2.34. The zero-order valence-corrected chi connectivity index (χ0v) is 7.67. The predicted molar refractivity (Wildman–Crippen MR) is 48.1 cm³/mol. The highest BCUT2D eigenvalue weighted by molar-refractivity contribution is 8.17. The minimum atomic E-state index is -0.0131. The molecule has 0 radical (unpaired) electrons. The van der Waals surface area contributed by atoms with Crippen molar-refractivity contribution < 1.29 is 0 Å². The summed E-state index contributed by atoms with van der Waals surface area (Å²) in [5.41, 5.74) is 0. The van der Waals surface area contributed by atoms with E-state index in [4.69, 9.17) is 5.26 Å². The van der Waals surface area contributed by atoms with E-state index >= 15 is 0 Å². The van der Waals surface area contributed by atoms with E-state index in [9.17, 15) is 0 Å². The molecule has 0 amide bonds. The monoisotopic (exact) mass is 171 g/mol. The third kappa shape index (κ3) is 1.53. The number of thiol groups is 1. The summed E-state index contributed by atoms with van der Waals surface area (Å²) in [7, 11) is -0.0131. The second-order valence-corrected chi connectivity index (χ2v) is 5.80. The molecule has 0 atom stereocenters. The van der Waals surface area contributed by atoms with Gasteiger partial charge in [0.2, 0.25) is 0 Å². The quantitative estimate of drug-likeness (QED) is 0.644. The van der Waals surface area contributed by atoms with Gasteiger partial charge in [0.05, 0.1) is 0 Å². The largest absolute Gasteiger partial charge is 0.224 e. The molecule has 54 valence electrons. The first-order valence-electron chi connectivity index (χ1n) is 2.91. The molecular weight excluding hydrogens is 162 g/mol. The van der Waals surface area contributed by atoms with Crippen molar-refractivity contribution in [2.75, 3.05) is 12.5 Å². The standard InChI is InChI=1S/C7H9NS2/c1-10(2)7-4-3-6(5-8)9-7/h3-4,10H,1-2H3. The second kappa shape index (κ2) is 3.09. The average molecular weight is 171 g/mol. The Hall–Kier alpha value is -0.460. The molecule has 1 nitrogen and oxygen atoms in total. The summed E-state index contributed by atoms with van der Waals surface area (Å²) in [6, 6.07) is 6.07. The first-order valence-corrected chi connectivity index (χ1v) is 5.96. The number of hydrogen-bond acceptors (Lipinski definition) is 2. The van der Waals surface area contributed by atoms with E-state index in [2.05, 4.69) is 24.6 Å². The molecule has 3 heteroatoms. The zero-order valence-electron chi connectivity index (χ0n) is 5.96. The van der Waals surface area contributed by atoms with Crippen LogP contribution in [0.3, 0.4) is 0 Å². The van der Waals surface area contributed by atoms with Crippen LogP contribution in [0.25, 0.3) is 0 Å². The van der Waals surface area contributed by atoms with E-state index in [0.717, 1.165) is 4.88 Å². The van der Waals surface area contributed by atoms with E-state index in [1.807, 2.05) is 6.07 Å². The van der Waals surface area contributed by atoms with Crippen LogP contribution >= 0.6 is 22.2 Å². The molecule has 0 aliphatic carbocycles. The van der Waals surface area contributed by atoms with E-state index in [0.29, 0.717) is 0 Å². The van der Waals surface area contributed by atoms with Gasteiger partial charge in [0.1, 0.15) is 10.9 Å². The second-order valence-electron chi connectivity index (χ2n) is 2.14. The van der Waals surface area contributed by atoms with Gasteiger partial charge < -0.3 is 0 Å². The summed E-state index contributed by atoms with van der Waals surface area (Å²) in [6.45, 7) is 0. The Balaban J connectivity index is 2.91. The molecule has 0 saturated carbocycles. The molecule has 0 spiro atoms. The Bertz CT molecular complexity index is 257. The Kier molecular flexibility index (Phi) is 2.36. The summed E-state index contributed by atoms with van der Waals surface area (Å²) in [5, 5.41) is 8.50. The summed E-state index contributed by atoms with van der Waals surface area (Å²) in [5.74, 6) is 0. The lowest BCUT2D eigenvalue weighted by Crippen LogP contribution is -1.66. The lowest BCUT2D eigenvalue weighted by atomic mass is 10.5. The number of rotatable bonds is 1. The van der Waals surface area contributed by atoms with Gasteiger partial charge in [-0.25, -0.2) is 10.9 Å². The smallest absolute Gasteiger partial charge is 0.110 e. The van der Waals surface area contributed by atoms with Gasteiger partial charge in [0.15, 0.2) is 0 Å². The third-order valence-corrected chi connectivity index (χ3v) is 4.34. The van der Waals surface area contributed by atoms with Gasteiger partial charge in [-0.1, -0.05) is 0 Å². The molecule has 1 aromatic rings. The highest BCUT2D eigenvalue weighted by atomic mass is 32.2. The molecule has 10 heavy (non-hydrogen) atoms. The maximum atomic E-state index is 8.50. The molecule has 0 fully saturated rings. The van der Waals surface area contributed by atoms with Gasteiger partial charge in [-0.05, 0) is 24.6 Å². The molecule has 1 rings (SSSR count). The number of thiophene rings is 1. The van der Waals surface area contributed by atoms with Crippen molar-refractivity contribution in [2.24, 2.45) is 0 Å². The fourth-order valence-corrected chi connectivity index (χ4v) is 2.57. The average Bonchev–Trinajstić information content (AvgIpc) is 2.34. The lowest BCUT2D eigenvalue weighted by Gasteiger charge is -2.02. The van der Waals surface area contributed by atoms with Gasteiger partial charge >= 0.3 is 0 Å². The molecule has 1 aromatic heterocycles. The molecule has 0 N–H and O–H groups in total. The van der Waals surface area contributed by atoms with E-state index < -0.39 is 0 Å². The number of nitrogens with zero attached hydrogens (tertiary/aromatic N) is 1. The van der Waals surface area contributed by atoms with Crippen LogP contribution in [0.1, 0.15) is 4.88 Å². The molecule has 1 heterocycles. The highest BCUT2D eigenvalue weighted by Gasteiger charge is 1.98. The lowest BCUT2D eigenvalue weighted by molar-refractivity contribution is 1.52. The van der Waals surface area contributed by atoms with Crippen LogP contribution in [0.5, 0.6) is 0 Å². The van der Waals surface area contributed by atoms with Crippen LogP contribution in [-0.2, 0) is 0 Å². The van der Waals surface area contributed by atoms with Crippen LogP contribution in [0, 0.1) is 11.3 Å². The topological polar surface area (TPSA) is 23.8 Å². The summed E-state index contributed by atoms with van der Waals surface area (Å²) in [4.78, 5) is 0.825. The van der Waals surface area contributed by atoms with Crippen molar-refractivity contribution >= 4 is 22.2 Å². The molecular formula is C7H9NS2. The normalized spacial score (nSPS) is 10.7. The van der Waals surface area contributed by atoms with Crippen LogP contribution in [0.4, 0.5) is 0 Å². The van der Waals surface area contributed by atoms with Crippen molar-refractivity contribution in [3.8, 4) is 6.07 Å². The predicted octanol–water partition coefficient (Wildman–Crippen LogP) is 2.24. The molecule has 0 unspecified atom stereocenters. The van der Waals surface area contributed by atoms with Gasteiger partial charge in [-0.2, -0.15) is 5.26 Å². The summed E-state index contributed by atoms with van der Waals surface area (Å²) in [6.07, 6.45) is 4.39. The molecule has 0 saturated heterocycles. The minimum Gasteiger partial charge on any atom is -0.224 e. The SMILES string of the molecule is C[SH](C)c1ccc(C#N)s1. The van der Waals surface area contributed by atoms with Gasteiger partial charge in [0.25, 0.3) is 0 Å².